The Kier molecular flexibility index (Phi) is 6.24. The predicted molar refractivity (Wildman–Crippen MR) is 129 cm³/mol. The number of thiophene rings is 1. The molecule has 0 radical (unpaired) electrons. The number of rotatable bonds is 4. The van der Waals surface area contributed by atoms with Crippen LogP contribution >= 0.6 is 11.3 Å². The van der Waals surface area contributed by atoms with Gasteiger partial charge in [-0.15, -0.1) is 11.3 Å². The Balaban J connectivity index is 1.12. The van der Waals surface area contributed by atoms with Crippen molar-refractivity contribution in [2.24, 2.45) is 5.92 Å². The zero-order valence-corrected chi connectivity index (χ0v) is 19.3. The van der Waals surface area contributed by atoms with Gasteiger partial charge in [-0.2, -0.15) is 0 Å². The van der Waals surface area contributed by atoms with Gasteiger partial charge in [0.2, 0.25) is 5.91 Å². The zero-order chi connectivity index (χ0) is 22.8. The highest BCUT2D eigenvalue weighted by atomic mass is 32.1. The predicted octanol–water partition coefficient (Wildman–Crippen LogP) is 2.47. The summed E-state index contributed by atoms with van der Waals surface area (Å²) in [6, 6.07) is 11.5. The van der Waals surface area contributed by atoms with E-state index in [1.165, 1.54) is 11.3 Å². The van der Waals surface area contributed by atoms with E-state index in [0.717, 1.165) is 41.7 Å². The molecule has 0 saturated carbocycles. The topological polar surface area (TPSA) is 95.7 Å². The number of nitrogens with zero attached hydrogens (tertiary/aromatic N) is 5. The van der Waals surface area contributed by atoms with Crippen LogP contribution in [0.3, 0.4) is 0 Å². The van der Waals surface area contributed by atoms with Crippen LogP contribution < -0.4 is 5.73 Å². The highest BCUT2D eigenvalue weighted by molar-refractivity contribution is 7.12. The number of amides is 2. The fourth-order valence-corrected chi connectivity index (χ4v) is 5.38. The van der Waals surface area contributed by atoms with Crippen molar-refractivity contribution in [1.29, 1.82) is 0 Å². The van der Waals surface area contributed by atoms with E-state index in [1.54, 1.807) is 0 Å². The third-order valence-corrected chi connectivity index (χ3v) is 7.45. The average molecular weight is 465 g/mol. The minimum atomic E-state index is 0.00700. The van der Waals surface area contributed by atoms with Crippen LogP contribution in [-0.4, -0.2) is 75.8 Å². The summed E-state index contributed by atoms with van der Waals surface area (Å²) in [7, 11) is 0. The molecule has 172 valence electrons. The van der Waals surface area contributed by atoms with E-state index in [0.29, 0.717) is 44.4 Å². The minimum Gasteiger partial charge on any atom is -0.383 e. The monoisotopic (exact) mass is 464 g/mol. The fraction of sp³-hybridized carbons (Fsp3) is 0.417. The zero-order valence-electron chi connectivity index (χ0n) is 18.5. The van der Waals surface area contributed by atoms with Crippen molar-refractivity contribution in [3.63, 3.8) is 0 Å². The Morgan fingerprint density at radius 2 is 1.70 bits per heavy atom. The molecule has 33 heavy (non-hydrogen) atoms. The molecule has 2 fully saturated rings. The maximum atomic E-state index is 13.1. The minimum absolute atomic E-state index is 0.00700. The van der Waals surface area contributed by atoms with E-state index in [4.69, 9.17) is 5.73 Å². The summed E-state index contributed by atoms with van der Waals surface area (Å²) in [6.45, 7) is 4.91. The standard InChI is InChI=1S/C24H28N6O2S/c25-22-18-4-1-2-5-19(18)26-21(27-22)16-28-11-13-30(14-12-28)23(31)17-7-9-29(10-8-17)24(32)20-6-3-15-33-20/h1-6,15,17H,7-14,16H2,(H2,25,26,27). The molecule has 5 rings (SSSR count). The van der Waals surface area contributed by atoms with Crippen molar-refractivity contribution < 1.29 is 9.59 Å². The molecule has 0 atom stereocenters. The molecule has 2 aliphatic heterocycles. The average Bonchev–Trinajstić information content (AvgIpc) is 3.39. The SMILES string of the molecule is Nc1nc(CN2CCN(C(=O)C3CCN(C(=O)c4cccs4)CC3)CC2)nc2ccccc12. The third-order valence-electron chi connectivity index (χ3n) is 6.59. The largest absolute Gasteiger partial charge is 0.383 e. The lowest BCUT2D eigenvalue weighted by atomic mass is 9.95. The highest BCUT2D eigenvalue weighted by Crippen LogP contribution is 2.23. The molecule has 0 unspecified atom stereocenters. The normalized spacial score (nSPS) is 18.1. The van der Waals surface area contributed by atoms with E-state index in [9.17, 15) is 9.59 Å². The molecule has 8 nitrogen and oxygen atoms in total. The smallest absolute Gasteiger partial charge is 0.263 e. The van der Waals surface area contributed by atoms with Crippen LogP contribution in [0.1, 0.15) is 28.3 Å². The third kappa shape index (κ3) is 4.69. The first kappa shape index (κ1) is 21.8. The van der Waals surface area contributed by atoms with Gasteiger partial charge in [-0.3, -0.25) is 14.5 Å². The number of benzene rings is 1. The molecule has 2 aliphatic rings. The van der Waals surface area contributed by atoms with Gasteiger partial charge in [-0.25, -0.2) is 9.97 Å². The van der Waals surface area contributed by atoms with Crippen LogP contribution in [0.25, 0.3) is 10.9 Å². The van der Waals surface area contributed by atoms with Crippen LogP contribution in [-0.2, 0) is 11.3 Å². The first-order valence-electron chi connectivity index (χ1n) is 11.4. The molecule has 2 N–H and O–H groups in total. The lowest BCUT2D eigenvalue weighted by Gasteiger charge is -2.38. The van der Waals surface area contributed by atoms with Crippen molar-refractivity contribution in [1.82, 2.24) is 24.7 Å². The number of carbonyl (C=O) groups excluding carboxylic acids is 2. The van der Waals surface area contributed by atoms with Gasteiger partial charge >= 0.3 is 0 Å². The Labute approximate surface area is 197 Å². The summed E-state index contributed by atoms with van der Waals surface area (Å²) in [5.74, 6) is 1.54. The van der Waals surface area contributed by atoms with Gasteiger partial charge in [-0.05, 0) is 36.4 Å². The summed E-state index contributed by atoms with van der Waals surface area (Å²) in [6.07, 6.45) is 1.47. The van der Waals surface area contributed by atoms with Gasteiger partial charge in [0.25, 0.3) is 5.91 Å². The molecular weight excluding hydrogens is 436 g/mol. The van der Waals surface area contributed by atoms with Crippen molar-refractivity contribution in [2.75, 3.05) is 45.0 Å². The molecule has 9 heteroatoms. The molecule has 2 amide bonds. The van der Waals surface area contributed by atoms with E-state index in [1.807, 2.05) is 51.6 Å². The second kappa shape index (κ2) is 9.44. The number of fused-ring (bicyclic) bond motifs is 1. The van der Waals surface area contributed by atoms with Gasteiger partial charge in [0.15, 0.2) is 0 Å². The van der Waals surface area contributed by atoms with Crippen LogP contribution in [0.4, 0.5) is 5.82 Å². The summed E-state index contributed by atoms with van der Waals surface area (Å²) < 4.78 is 0. The molecular formula is C24H28N6O2S. The quantitative estimate of drug-likeness (QED) is 0.637. The molecule has 1 aromatic carbocycles. The second-order valence-corrected chi connectivity index (χ2v) is 9.64. The maximum absolute atomic E-state index is 13.1. The summed E-state index contributed by atoms with van der Waals surface area (Å²) in [4.78, 5) is 41.6. The Morgan fingerprint density at radius 1 is 0.939 bits per heavy atom. The highest BCUT2D eigenvalue weighted by Gasteiger charge is 2.32. The molecule has 2 saturated heterocycles. The van der Waals surface area contributed by atoms with Crippen molar-refractivity contribution in [3.05, 3.63) is 52.5 Å². The number of hydrogen-bond donors (Lipinski definition) is 1. The Hall–Kier alpha value is -3.04. The summed E-state index contributed by atoms with van der Waals surface area (Å²) in [5, 5.41) is 2.80. The van der Waals surface area contributed by atoms with Gasteiger partial charge in [0.1, 0.15) is 11.6 Å². The number of nitrogens with two attached hydrogens (primary N) is 1. The van der Waals surface area contributed by atoms with Gasteiger partial charge < -0.3 is 15.5 Å². The summed E-state index contributed by atoms with van der Waals surface area (Å²) >= 11 is 1.47. The Bertz CT molecular complexity index is 1140. The number of piperidine rings is 1. The molecule has 0 bridgehead atoms. The van der Waals surface area contributed by atoms with Crippen LogP contribution in [0.2, 0.25) is 0 Å². The number of anilines is 1. The summed E-state index contributed by atoms with van der Waals surface area (Å²) in [5.41, 5.74) is 6.97. The molecule has 0 spiro atoms. The van der Waals surface area contributed by atoms with Crippen LogP contribution in [0, 0.1) is 5.92 Å². The van der Waals surface area contributed by atoms with E-state index >= 15 is 0 Å². The number of nitrogen functional groups attached to an aromatic ring is 1. The lowest BCUT2D eigenvalue weighted by Crippen LogP contribution is -2.51. The fourth-order valence-electron chi connectivity index (χ4n) is 4.69. The van der Waals surface area contributed by atoms with Gasteiger partial charge in [-0.1, -0.05) is 18.2 Å². The molecule has 0 aliphatic carbocycles. The van der Waals surface area contributed by atoms with Crippen LogP contribution in [0.15, 0.2) is 41.8 Å². The molecule has 2 aromatic heterocycles. The Morgan fingerprint density at radius 3 is 2.42 bits per heavy atom. The van der Waals surface area contributed by atoms with Crippen molar-refractivity contribution in [2.45, 2.75) is 19.4 Å². The second-order valence-electron chi connectivity index (χ2n) is 8.69. The number of piperazine rings is 1. The van der Waals surface area contributed by atoms with Gasteiger partial charge in [0.05, 0.1) is 16.9 Å². The maximum Gasteiger partial charge on any atom is 0.263 e. The first-order valence-corrected chi connectivity index (χ1v) is 12.3. The number of hydrogen-bond acceptors (Lipinski definition) is 7. The number of carbonyl (C=O) groups is 2. The molecule has 3 aromatic rings. The number of aromatic nitrogens is 2. The van der Waals surface area contributed by atoms with Crippen LogP contribution in [0.5, 0.6) is 0 Å². The lowest BCUT2D eigenvalue weighted by molar-refractivity contribution is -0.138. The van der Waals surface area contributed by atoms with E-state index in [-0.39, 0.29) is 17.7 Å². The van der Waals surface area contributed by atoms with Gasteiger partial charge in [0, 0.05) is 50.6 Å². The van der Waals surface area contributed by atoms with E-state index in [2.05, 4.69) is 14.9 Å². The van der Waals surface area contributed by atoms with Crippen molar-refractivity contribution >= 4 is 39.9 Å². The van der Waals surface area contributed by atoms with E-state index < -0.39 is 0 Å². The molecule has 4 heterocycles. The number of likely N-dealkylation sites (tertiary alicyclic amines) is 1. The van der Waals surface area contributed by atoms with Crippen molar-refractivity contribution in [3.8, 4) is 0 Å². The number of para-hydroxylation sites is 1. The first-order chi connectivity index (χ1) is 16.1.